The van der Waals surface area contributed by atoms with Crippen LogP contribution < -0.4 is 5.32 Å². The van der Waals surface area contributed by atoms with Crippen LogP contribution in [0.4, 0.5) is 0 Å². The highest BCUT2D eigenvalue weighted by atomic mass is 16.3. The SMILES string of the molecule is CCN(CCC#N)C(=O)CN1CCCC(O)(CC(=O)NC)C1. The Morgan fingerprint density at radius 2 is 2.23 bits per heavy atom. The summed E-state index contributed by atoms with van der Waals surface area (Å²) < 4.78 is 0. The van der Waals surface area contributed by atoms with Crippen LogP contribution in [-0.2, 0) is 9.59 Å². The van der Waals surface area contributed by atoms with E-state index in [0.29, 0.717) is 32.5 Å². The molecule has 0 radical (unpaired) electrons. The van der Waals surface area contributed by atoms with Gasteiger partial charge in [-0.15, -0.1) is 0 Å². The van der Waals surface area contributed by atoms with Gasteiger partial charge in [0, 0.05) is 26.7 Å². The van der Waals surface area contributed by atoms with Crippen LogP contribution in [0.15, 0.2) is 0 Å². The topological polar surface area (TPSA) is 96.7 Å². The molecule has 0 aliphatic carbocycles. The molecule has 0 aromatic carbocycles. The fraction of sp³-hybridized carbons (Fsp3) is 0.800. The first-order valence-corrected chi connectivity index (χ1v) is 7.74. The molecular weight excluding hydrogens is 284 g/mol. The van der Waals surface area contributed by atoms with Crippen molar-refractivity contribution in [3.8, 4) is 6.07 Å². The Bertz CT molecular complexity index is 435. The van der Waals surface area contributed by atoms with Crippen LogP contribution >= 0.6 is 0 Å². The van der Waals surface area contributed by atoms with Crippen LogP contribution in [0.1, 0.15) is 32.6 Å². The molecule has 1 rings (SSSR count). The highest BCUT2D eigenvalue weighted by Crippen LogP contribution is 2.24. The van der Waals surface area contributed by atoms with Gasteiger partial charge in [-0.3, -0.25) is 14.5 Å². The Morgan fingerprint density at radius 3 is 2.82 bits per heavy atom. The molecule has 1 aliphatic heterocycles. The fourth-order valence-electron chi connectivity index (χ4n) is 2.81. The molecule has 1 heterocycles. The minimum absolute atomic E-state index is 0.0399. The summed E-state index contributed by atoms with van der Waals surface area (Å²) >= 11 is 0. The zero-order valence-corrected chi connectivity index (χ0v) is 13.5. The van der Waals surface area contributed by atoms with E-state index in [1.165, 1.54) is 0 Å². The number of carbonyl (C=O) groups excluding carboxylic acids is 2. The summed E-state index contributed by atoms with van der Waals surface area (Å²) in [5, 5.41) is 21.7. The average molecular weight is 310 g/mol. The minimum atomic E-state index is -1.07. The van der Waals surface area contributed by atoms with Crippen LogP contribution in [0.2, 0.25) is 0 Å². The summed E-state index contributed by atoms with van der Waals surface area (Å²) in [7, 11) is 1.55. The molecule has 0 spiro atoms. The maximum atomic E-state index is 12.3. The molecule has 124 valence electrons. The Morgan fingerprint density at radius 1 is 1.50 bits per heavy atom. The molecule has 0 bridgehead atoms. The lowest BCUT2D eigenvalue weighted by Crippen LogP contribution is -2.52. The van der Waals surface area contributed by atoms with Crippen LogP contribution in [-0.4, -0.2) is 72.1 Å². The first-order valence-electron chi connectivity index (χ1n) is 7.74. The second-order valence-electron chi connectivity index (χ2n) is 5.77. The Balaban J connectivity index is 2.56. The van der Waals surface area contributed by atoms with Crippen LogP contribution in [0, 0.1) is 11.3 Å². The standard InChI is InChI=1S/C15H26N4O3/c1-3-19(9-5-7-16)14(21)11-18-8-4-6-15(22,12-18)10-13(20)17-2/h22H,3-6,8-12H2,1-2H3,(H,17,20). The molecule has 1 aliphatic rings. The third-order valence-corrected chi connectivity index (χ3v) is 3.99. The van der Waals surface area contributed by atoms with E-state index in [1.807, 2.05) is 17.9 Å². The number of nitriles is 1. The first-order chi connectivity index (χ1) is 10.4. The number of piperidine rings is 1. The molecular formula is C15H26N4O3. The van der Waals surface area contributed by atoms with Crippen molar-refractivity contribution in [2.45, 2.75) is 38.2 Å². The van der Waals surface area contributed by atoms with Crippen molar-refractivity contribution in [1.82, 2.24) is 15.1 Å². The quantitative estimate of drug-likeness (QED) is 0.673. The number of β-amino-alcohol motifs (C(OH)–C–C–N with tert-alkyl or cyclic N) is 1. The maximum Gasteiger partial charge on any atom is 0.236 e. The van der Waals surface area contributed by atoms with E-state index in [9.17, 15) is 14.7 Å². The molecule has 0 aromatic heterocycles. The Kier molecular flexibility index (Phi) is 7.28. The smallest absolute Gasteiger partial charge is 0.236 e. The number of rotatable bonds is 7. The highest BCUT2D eigenvalue weighted by Gasteiger charge is 2.35. The van der Waals surface area contributed by atoms with E-state index >= 15 is 0 Å². The number of hydrogen-bond acceptors (Lipinski definition) is 5. The van der Waals surface area contributed by atoms with Gasteiger partial charge in [0.05, 0.1) is 31.1 Å². The zero-order chi connectivity index (χ0) is 16.6. The molecule has 0 saturated carbocycles. The highest BCUT2D eigenvalue weighted by molar-refractivity contribution is 5.78. The number of nitrogens with one attached hydrogen (secondary N) is 1. The van der Waals surface area contributed by atoms with Gasteiger partial charge in [0.2, 0.25) is 11.8 Å². The summed E-state index contributed by atoms with van der Waals surface area (Å²) in [5.74, 6) is -0.234. The molecule has 22 heavy (non-hydrogen) atoms. The van der Waals surface area contributed by atoms with Gasteiger partial charge in [-0.2, -0.15) is 5.26 Å². The van der Waals surface area contributed by atoms with E-state index in [1.54, 1.807) is 11.9 Å². The third kappa shape index (κ3) is 5.62. The van der Waals surface area contributed by atoms with E-state index in [4.69, 9.17) is 5.26 Å². The number of aliphatic hydroxyl groups is 1. The van der Waals surface area contributed by atoms with Crippen LogP contribution in [0.25, 0.3) is 0 Å². The van der Waals surface area contributed by atoms with Gasteiger partial charge in [0.1, 0.15) is 0 Å². The van der Waals surface area contributed by atoms with Gasteiger partial charge in [-0.05, 0) is 26.3 Å². The van der Waals surface area contributed by atoms with Crippen LogP contribution in [0.3, 0.4) is 0 Å². The van der Waals surface area contributed by atoms with Gasteiger partial charge < -0.3 is 15.3 Å². The van der Waals surface area contributed by atoms with E-state index in [-0.39, 0.29) is 24.8 Å². The summed E-state index contributed by atoms with van der Waals surface area (Å²) in [5.41, 5.74) is -1.07. The van der Waals surface area contributed by atoms with Gasteiger partial charge in [-0.25, -0.2) is 0 Å². The largest absolute Gasteiger partial charge is 0.388 e. The van der Waals surface area contributed by atoms with Crippen LogP contribution in [0.5, 0.6) is 0 Å². The first kappa shape index (κ1) is 18.4. The third-order valence-electron chi connectivity index (χ3n) is 3.99. The Hall–Kier alpha value is -1.65. The lowest BCUT2D eigenvalue weighted by molar-refractivity contribution is -0.135. The number of hydrogen-bond donors (Lipinski definition) is 2. The number of nitrogens with zero attached hydrogens (tertiary/aromatic N) is 3. The van der Waals surface area contributed by atoms with Crippen molar-refractivity contribution in [3.63, 3.8) is 0 Å². The lowest BCUT2D eigenvalue weighted by atomic mass is 9.89. The van der Waals surface area contributed by atoms with Crippen molar-refractivity contribution in [2.75, 3.05) is 39.8 Å². The van der Waals surface area contributed by atoms with Crippen molar-refractivity contribution >= 4 is 11.8 Å². The number of amides is 2. The van der Waals surface area contributed by atoms with Crippen molar-refractivity contribution < 1.29 is 14.7 Å². The molecule has 2 N–H and O–H groups in total. The number of likely N-dealkylation sites (tertiary alicyclic amines) is 1. The van der Waals surface area contributed by atoms with E-state index in [0.717, 1.165) is 13.0 Å². The van der Waals surface area contributed by atoms with Gasteiger partial charge in [0.25, 0.3) is 0 Å². The average Bonchev–Trinajstić information content (AvgIpc) is 2.47. The Labute approximate surface area is 131 Å². The molecule has 1 saturated heterocycles. The summed E-state index contributed by atoms with van der Waals surface area (Å²) in [4.78, 5) is 27.3. The molecule has 2 amide bonds. The predicted octanol–water partition coefficient (Wildman–Crippen LogP) is -0.288. The van der Waals surface area contributed by atoms with Gasteiger partial charge >= 0.3 is 0 Å². The lowest BCUT2D eigenvalue weighted by Gasteiger charge is -2.39. The molecule has 1 unspecified atom stereocenters. The molecule has 0 aromatic rings. The predicted molar refractivity (Wildman–Crippen MR) is 81.8 cm³/mol. The fourth-order valence-corrected chi connectivity index (χ4v) is 2.81. The monoisotopic (exact) mass is 310 g/mol. The van der Waals surface area contributed by atoms with Crippen molar-refractivity contribution in [1.29, 1.82) is 5.26 Å². The minimum Gasteiger partial charge on any atom is -0.388 e. The molecule has 7 nitrogen and oxygen atoms in total. The molecule has 7 heteroatoms. The zero-order valence-electron chi connectivity index (χ0n) is 13.5. The second-order valence-corrected chi connectivity index (χ2v) is 5.77. The normalized spacial score (nSPS) is 21.9. The van der Waals surface area contributed by atoms with Crippen molar-refractivity contribution in [2.24, 2.45) is 0 Å². The summed E-state index contributed by atoms with van der Waals surface area (Å²) in [6.07, 6.45) is 1.70. The molecule has 1 fully saturated rings. The summed E-state index contributed by atoms with van der Waals surface area (Å²) in [6, 6.07) is 2.04. The van der Waals surface area contributed by atoms with Crippen molar-refractivity contribution in [3.05, 3.63) is 0 Å². The molecule has 1 atom stereocenters. The summed E-state index contributed by atoms with van der Waals surface area (Å²) in [6.45, 7) is 4.15. The van der Waals surface area contributed by atoms with Gasteiger partial charge in [0.15, 0.2) is 0 Å². The van der Waals surface area contributed by atoms with E-state index in [2.05, 4.69) is 5.32 Å². The van der Waals surface area contributed by atoms with E-state index < -0.39 is 5.60 Å². The van der Waals surface area contributed by atoms with Gasteiger partial charge in [-0.1, -0.05) is 0 Å². The number of carbonyl (C=O) groups is 2. The maximum absolute atomic E-state index is 12.3. The number of likely N-dealkylation sites (N-methyl/N-ethyl adjacent to an activating group) is 1. The second kappa shape index (κ2) is 8.71.